The SMILES string of the molecule is COc1ccc2nc(C(F)(F)F)c3c(c2c1)OCC1(CC2C(=O)NC4(C(=O)NS(=O)(=O)C5(C)CC5)CCC4C=CCCCCCC(NC(=O)OC(C)(C)C)C(=O)N2C1)O3. The number of nitrogens with zero attached hydrogens (tertiary/aromatic N) is 2. The molecule has 3 aliphatic heterocycles. The Hall–Kier alpha value is -4.81. The van der Waals surface area contributed by atoms with Crippen molar-refractivity contribution >= 4 is 44.7 Å². The van der Waals surface area contributed by atoms with Crippen molar-refractivity contribution in [3.05, 3.63) is 36.0 Å². The van der Waals surface area contributed by atoms with Gasteiger partial charge in [-0.1, -0.05) is 25.0 Å². The van der Waals surface area contributed by atoms with Gasteiger partial charge in [0.05, 0.1) is 23.9 Å². The van der Waals surface area contributed by atoms with E-state index < -0.39 is 111 Å². The average Bonchev–Trinajstić information content (AvgIpc) is 3.81. The molecule has 322 valence electrons. The highest BCUT2D eigenvalue weighted by atomic mass is 32.2. The van der Waals surface area contributed by atoms with Crippen LogP contribution >= 0.6 is 0 Å². The van der Waals surface area contributed by atoms with Gasteiger partial charge in [0.15, 0.2) is 22.8 Å². The monoisotopic (exact) mass is 849 g/mol. The minimum Gasteiger partial charge on any atom is -0.497 e. The first-order chi connectivity index (χ1) is 27.6. The van der Waals surface area contributed by atoms with Gasteiger partial charge in [-0.25, -0.2) is 18.2 Å². The number of alkyl halides is 3. The Balaban J connectivity index is 1.29. The molecule has 1 aromatic heterocycles. The number of benzene rings is 1. The molecule has 4 amide bonds. The maximum atomic E-state index is 14.7. The summed E-state index contributed by atoms with van der Waals surface area (Å²) in [4.78, 5) is 61.7. The molecule has 3 fully saturated rings. The third kappa shape index (κ3) is 8.22. The van der Waals surface area contributed by atoms with Gasteiger partial charge in [-0.05, 0) is 90.8 Å². The molecule has 5 atom stereocenters. The van der Waals surface area contributed by atoms with Crippen LogP contribution in [0.1, 0.15) is 97.6 Å². The first kappa shape index (κ1) is 42.3. The van der Waals surface area contributed by atoms with E-state index in [1.165, 1.54) is 32.2 Å². The van der Waals surface area contributed by atoms with Crippen molar-refractivity contribution < 1.29 is 59.7 Å². The van der Waals surface area contributed by atoms with Gasteiger partial charge in [0, 0.05) is 17.7 Å². The zero-order valence-electron chi connectivity index (χ0n) is 33.6. The summed E-state index contributed by atoms with van der Waals surface area (Å²) in [5.41, 5.74) is -5.81. The first-order valence-electron chi connectivity index (χ1n) is 19.9. The lowest BCUT2D eigenvalue weighted by atomic mass is 9.65. The van der Waals surface area contributed by atoms with Crippen LogP contribution in [0.4, 0.5) is 18.0 Å². The molecule has 1 aromatic carbocycles. The zero-order chi connectivity index (χ0) is 42.8. The molecule has 0 bridgehead atoms. The number of allylic oxidation sites excluding steroid dienone is 1. The van der Waals surface area contributed by atoms with Gasteiger partial charge in [0.1, 0.15) is 35.6 Å². The van der Waals surface area contributed by atoms with E-state index in [0.717, 1.165) is 4.90 Å². The van der Waals surface area contributed by atoms with Gasteiger partial charge in [-0.2, -0.15) is 13.2 Å². The Bertz CT molecular complexity index is 2190. The van der Waals surface area contributed by atoms with Gasteiger partial charge in [0.2, 0.25) is 21.8 Å². The topological polar surface area (TPSA) is 192 Å². The predicted molar refractivity (Wildman–Crippen MR) is 206 cm³/mol. The van der Waals surface area contributed by atoms with E-state index in [1.54, 1.807) is 26.8 Å². The number of alkyl carbamates (subject to hydrolysis) is 1. The quantitative estimate of drug-likeness (QED) is 0.342. The molecule has 0 radical (unpaired) electrons. The number of halogens is 3. The van der Waals surface area contributed by atoms with Crippen LogP contribution in [0.3, 0.4) is 0 Å². The lowest BCUT2D eigenvalue weighted by Gasteiger charge is -2.47. The van der Waals surface area contributed by atoms with Crippen molar-refractivity contribution in [1.82, 2.24) is 25.2 Å². The third-order valence-corrected chi connectivity index (χ3v) is 14.1. The highest BCUT2D eigenvalue weighted by Gasteiger charge is 2.60. The van der Waals surface area contributed by atoms with Gasteiger partial charge < -0.3 is 34.5 Å². The maximum Gasteiger partial charge on any atom is 0.437 e. The van der Waals surface area contributed by atoms with E-state index in [1.807, 2.05) is 6.08 Å². The Morgan fingerprint density at radius 3 is 2.44 bits per heavy atom. The van der Waals surface area contributed by atoms with Crippen molar-refractivity contribution in [3.8, 4) is 17.2 Å². The molecular weight excluding hydrogens is 800 g/mol. The van der Waals surface area contributed by atoms with Crippen molar-refractivity contribution in [3.63, 3.8) is 0 Å². The fourth-order valence-electron chi connectivity index (χ4n) is 8.19. The normalized spacial score (nSPS) is 28.3. The lowest BCUT2D eigenvalue weighted by Crippen LogP contribution is -2.70. The predicted octanol–water partition coefficient (Wildman–Crippen LogP) is 5.05. The molecule has 7 rings (SSSR count). The largest absolute Gasteiger partial charge is 0.497 e. The molecule has 15 nitrogen and oxygen atoms in total. The van der Waals surface area contributed by atoms with Gasteiger partial charge in [0.25, 0.3) is 5.91 Å². The number of pyridine rings is 1. The summed E-state index contributed by atoms with van der Waals surface area (Å²) in [6.07, 6.45) is 1.15. The second-order valence-corrected chi connectivity index (χ2v) is 19.7. The van der Waals surface area contributed by atoms with E-state index in [2.05, 4.69) is 20.3 Å². The molecule has 59 heavy (non-hydrogen) atoms. The minimum atomic E-state index is -5.01. The molecular formula is C40H50F3N5O10S. The van der Waals surface area contributed by atoms with Crippen LogP contribution in [0.15, 0.2) is 30.4 Å². The number of aromatic nitrogens is 1. The lowest BCUT2D eigenvalue weighted by molar-refractivity contribution is -0.146. The van der Waals surface area contributed by atoms with Crippen molar-refractivity contribution in [2.24, 2.45) is 5.92 Å². The molecule has 1 saturated heterocycles. The fourth-order valence-corrected chi connectivity index (χ4v) is 9.50. The number of carbonyl (C=O) groups excluding carboxylic acids is 4. The highest BCUT2D eigenvalue weighted by Crippen LogP contribution is 2.51. The second-order valence-electron chi connectivity index (χ2n) is 17.5. The summed E-state index contributed by atoms with van der Waals surface area (Å²) in [7, 11) is -2.73. The third-order valence-electron chi connectivity index (χ3n) is 11.9. The molecule has 2 saturated carbocycles. The number of rotatable bonds is 5. The summed E-state index contributed by atoms with van der Waals surface area (Å²) in [6, 6.07) is 1.57. The molecule has 5 unspecified atom stereocenters. The Kier molecular flexibility index (Phi) is 10.8. The number of amides is 4. The van der Waals surface area contributed by atoms with E-state index in [-0.39, 0.29) is 29.5 Å². The van der Waals surface area contributed by atoms with Crippen LogP contribution in [0, 0.1) is 5.92 Å². The first-order valence-corrected chi connectivity index (χ1v) is 21.3. The average molecular weight is 850 g/mol. The molecule has 4 heterocycles. The van der Waals surface area contributed by atoms with Crippen molar-refractivity contribution in [2.75, 3.05) is 20.3 Å². The van der Waals surface area contributed by atoms with E-state index in [0.29, 0.717) is 50.7 Å². The minimum absolute atomic E-state index is 0.0357. The smallest absolute Gasteiger partial charge is 0.437 e. The highest BCUT2D eigenvalue weighted by molar-refractivity contribution is 7.91. The Morgan fingerprint density at radius 1 is 1.05 bits per heavy atom. The molecule has 2 aromatic rings. The van der Waals surface area contributed by atoms with Crippen LogP contribution in [0.5, 0.6) is 17.2 Å². The summed E-state index contributed by atoms with van der Waals surface area (Å²) in [6.45, 7) is 5.62. The number of fused-ring (bicyclic) bond motifs is 5. The molecule has 19 heteroatoms. The van der Waals surface area contributed by atoms with Crippen LogP contribution in [0.2, 0.25) is 0 Å². The number of hydrogen-bond acceptors (Lipinski definition) is 11. The van der Waals surface area contributed by atoms with E-state index >= 15 is 0 Å². The van der Waals surface area contributed by atoms with Gasteiger partial charge in [-0.3, -0.25) is 19.1 Å². The second kappa shape index (κ2) is 15.0. The van der Waals surface area contributed by atoms with Crippen LogP contribution in [-0.4, -0.2) is 95.9 Å². The van der Waals surface area contributed by atoms with E-state index in [9.17, 15) is 40.8 Å². The Labute approximate surface area is 340 Å². The number of carbonyl (C=O) groups is 4. The number of hydrogen-bond donors (Lipinski definition) is 3. The summed E-state index contributed by atoms with van der Waals surface area (Å²) in [5.74, 6) is -3.79. The van der Waals surface area contributed by atoms with Crippen LogP contribution in [0.25, 0.3) is 10.9 Å². The summed E-state index contributed by atoms with van der Waals surface area (Å²) in [5, 5.41) is 5.63. The number of sulfonamides is 1. The standard InChI is InChI=1S/C40H50F3N5O10S/c1-36(2,3)58-35(52)45-27-12-10-8-6-7-9-11-23-15-16-39(23,34(51)47-59(53,54)37(4)17-18-37)46-32(49)28-20-38(21-48(28)33(27)50)22-56-29-25-19-24(55-5)13-14-26(25)44-31(30(29)57-38)40(41,42)43/h9,11,13-14,19,23,27-28H,6-8,10,12,15-18,20-22H2,1-5H3,(H,45,52)(H,46,49)(H,47,51). The molecule has 3 N–H and O–H groups in total. The zero-order valence-corrected chi connectivity index (χ0v) is 34.4. The number of ether oxygens (including phenoxy) is 4. The van der Waals surface area contributed by atoms with Crippen molar-refractivity contribution in [1.29, 1.82) is 0 Å². The summed E-state index contributed by atoms with van der Waals surface area (Å²) >= 11 is 0. The fraction of sp³-hybridized carbons (Fsp3) is 0.625. The number of nitrogens with one attached hydrogen (secondary N) is 3. The Morgan fingerprint density at radius 2 is 1.80 bits per heavy atom. The van der Waals surface area contributed by atoms with Gasteiger partial charge >= 0.3 is 12.3 Å². The van der Waals surface area contributed by atoms with Gasteiger partial charge in [-0.15, -0.1) is 0 Å². The summed E-state index contributed by atoms with van der Waals surface area (Å²) < 4.78 is 95.0. The van der Waals surface area contributed by atoms with E-state index in [4.69, 9.17) is 18.9 Å². The maximum absolute atomic E-state index is 14.7. The number of methoxy groups -OCH3 is 1. The van der Waals surface area contributed by atoms with Crippen LogP contribution < -0.4 is 29.6 Å². The molecule has 5 aliphatic rings. The molecule has 1 spiro atoms. The van der Waals surface area contributed by atoms with Crippen molar-refractivity contribution in [2.45, 2.75) is 132 Å². The van der Waals surface area contributed by atoms with Crippen LogP contribution in [-0.2, 0) is 35.3 Å². The molecule has 2 aliphatic carbocycles.